The van der Waals surface area contributed by atoms with Crippen molar-refractivity contribution in [2.75, 3.05) is 12.8 Å². The van der Waals surface area contributed by atoms with Gasteiger partial charge in [-0.1, -0.05) is 12.1 Å². The van der Waals surface area contributed by atoms with E-state index in [1.807, 2.05) is 49.4 Å². The van der Waals surface area contributed by atoms with Crippen LogP contribution in [0.1, 0.15) is 5.56 Å². The molecule has 6 heteroatoms. The zero-order valence-electron chi connectivity index (χ0n) is 11.8. The van der Waals surface area contributed by atoms with Crippen LogP contribution in [-0.2, 0) is 0 Å². The molecule has 0 aliphatic heterocycles. The smallest absolute Gasteiger partial charge is 0.187 e. The van der Waals surface area contributed by atoms with Crippen LogP contribution in [0.5, 0.6) is 5.75 Å². The highest BCUT2D eigenvalue weighted by Crippen LogP contribution is 2.24. The van der Waals surface area contributed by atoms with Gasteiger partial charge in [0.25, 0.3) is 0 Å². The van der Waals surface area contributed by atoms with Crippen LogP contribution in [0, 0.1) is 6.92 Å². The monoisotopic (exact) mass is 281 g/mol. The van der Waals surface area contributed by atoms with Gasteiger partial charge in [-0.3, -0.25) is 0 Å². The highest BCUT2D eigenvalue weighted by molar-refractivity contribution is 5.64. The lowest BCUT2D eigenvalue weighted by Crippen LogP contribution is -2.00. The molecule has 106 valence electrons. The summed E-state index contributed by atoms with van der Waals surface area (Å²) in [4.78, 5) is 0. The van der Waals surface area contributed by atoms with Gasteiger partial charge in [0.2, 0.25) is 0 Å². The topological polar surface area (TPSA) is 78.8 Å². The molecule has 0 aliphatic carbocycles. The molecule has 0 unspecified atom stereocenters. The molecule has 0 fully saturated rings. The van der Waals surface area contributed by atoms with Gasteiger partial charge >= 0.3 is 0 Å². The van der Waals surface area contributed by atoms with Crippen molar-refractivity contribution in [3.63, 3.8) is 0 Å². The molecule has 21 heavy (non-hydrogen) atoms. The highest BCUT2D eigenvalue weighted by atomic mass is 16.5. The number of nitrogens with two attached hydrogens (primary N) is 1. The van der Waals surface area contributed by atoms with Crippen molar-refractivity contribution in [1.82, 2.24) is 20.2 Å². The molecule has 0 aliphatic rings. The first kappa shape index (κ1) is 13.1. The number of benzene rings is 2. The Balaban J connectivity index is 2.05. The fourth-order valence-electron chi connectivity index (χ4n) is 2.04. The number of aromatic nitrogens is 4. The van der Waals surface area contributed by atoms with E-state index in [-0.39, 0.29) is 0 Å². The fourth-order valence-corrected chi connectivity index (χ4v) is 2.04. The van der Waals surface area contributed by atoms with Gasteiger partial charge in [-0.15, -0.1) is 5.10 Å². The SMILES string of the molecule is COc1ccc(-n2nnnc2-c2ccc(C)c(N)c2)cc1. The van der Waals surface area contributed by atoms with Gasteiger partial charge < -0.3 is 10.5 Å². The first-order valence-electron chi connectivity index (χ1n) is 6.48. The molecule has 2 N–H and O–H groups in total. The summed E-state index contributed by atoms with van der Waals surface area (Å²) in [6.07, 6.45) is 0. The van der Waals surface area contributed by atoms with Gasteiger partial charge in [-0.25, -0.2) is 0 Å². The number of nitrogens with zero attached hydrogens (tertiary/aromatic N) is 4. The van der Waals surface area contributed by atoms with Crippen molar-refractivity contribution in [2.45, 2.75) is 6.92 Å². The molecule has 0 bridgehead atoms. The molecule has 1 heterocycles. The van der Waals surface area contributed by atoms with E-state index in [1.165, 1.54) is 0 Å². The molecule has 6 nitrogen and oxygen atoms in total. The number of rotatable bonds is 3. The average Bonchev–Trinajstić information content (AvgIpc) is 2.99. The minimum absolute atomic E-state index is 0.645. The molecule has 0 spiro atoms. The van der Waals surface area contributed by atoms with Crippen molar-refractivity contribution < 1.29 is 4.74 Å². The molecule has 0 radical (unpaired) electrons. The lowest BCUT2D eigenvalue weighted by molar-refractivity contribution is 0.414. The standard InChI is InChI=1S/C15H15N5O/c1-10-3-4-11(9-14(10)16)15-17-18-19-20(15)12-5-7-13(21-2)8-6-12/h3-9H,16H2,1-2H3. The molecule has 2 aromatic carbocycles. The third kappa shape index (κ3) is 2.43. The summed E-state index contributed by atoms with van der Waals surface area (Å²) in [6, 6.07) is 13.3. The van der Waals surface area contributed by atoms with Crippen LogP contribution in [0.15, 0.2) is 42.5 Å². The Kier molecular flexibility index (Phi) is 3.27. The predicted molar refractivity (Wildman–Crippen MR) is 80.3 cm³/mol. The quantitative estimate of drug-likeness (QED) is 0.745. The Labute approximate surface area is 122 Å². The van der Waals surface area contributed by atoms with Crippen molar-refractivity contribution in [1.29, 1.82) is 0 Å². The molecule has 3 aromatic rings. The summed E-state index contributed by atoms with van der Waals surface area (Å²) in [6.45, 7) is 1.96. The Bertz CT molecular complexity index is 764. The van der Waals surface area contributed by atoms with E-state index >= 15 is 0 Å². The second kappa shape index (κ2) is 5.24. The normalized spacial score (nSPS) is 10.6. The van der Waals surface area contributed by atoms with E-state index in [0.29, 0.717) is 5.82 Å². The lowest BCUT2D eigenvalue weighted by Gasteiger charge is -2.07. The second-order valence-corrected chi connectivity index (χ2v) is 4.68. The fraction of sp³-hybridized carbons (Fsp3) is 0.133. The molecular formula is C15H15N5O. The van der Waals surface area contributed by atoms with Crippen LogP contribution in [0.25, 0.3) is 17.1 Å². The van der Waals surface area contributed by atoms with Crippen molar-refractivity contribution in [3.8, 4) is 22.8 Å². The van der Waals surface area contributed by atoms with Gasteiger partial charge in [0.1, 0.15) is 5.75 Å². The Morgan fingerprint density at radius 3 is 2.52 bits per heavy atom. The summed E-state index contributed by atoms with van der Waals surface area (Å²) >= 11 is 0. The van der Waals surface area contributed by atoms with Crippen LogP contribution in [-0.4, -0.2) is 27.3 Å². The number of ether oxygens (including phenoxy) is 1. The Morgan fingerprint density at radius 2 is 1.86 bits per heavy atom. The van der Waals surface area contributed by atoms with E-state index < -0.39 is 0 Å². The van der Waals surface area contributed by atoms with Gasteiger partial charge in [0.15, 0.2) is 5.82 Å². The molecule has 0 saturated carbocycles. The van der Waals surface area contributed by atoms with Gasteiger partial charge in [-0.2, -0.15) is 4.68 Å². The van der Waals surface area contributed by atoms with Crippen LogP contribution < -0.4 is 10.5 Å². The van der Waals surface area contributed by atoms with E-state index in [4.69, 9.17) is 10.5 Å². The van der Waals surface area contributed by atoms with Crippen LogP contribution >= 0.6 is 0 Å². The highest BCUT2D eigenvalue weighted by Gasteiger charge is 2.11. The molecule has 1 aromatic heterocycles. The van der Waals surface area contributed by atoms with Crippen molar-refractivity contribution in [2.24, 2.45) is 0 Å². The van der Waals surface area contributed by atoms with Crippen molar-refractivity contribution >= 4 is 5.69 Å². The maximum atomic E-state index is 5.96. The number of nitrogen functional groups attached to an aromatic ring is 1. The third-order valence-corrected chi connectivity index (χ3v) is 3.32. The largest absolute Gasteiger partial charge is 0.497 e. The van der Waals surface area contributed by atoms with Crippen LogP contribution in [0.3, 0.4) is 0 Å². The van der Waals surface area contributed by atoms with E-state index in [9.17, 15) is 0 Å². The minimum atomic E-state index is 0.645. The summed E-state index contributed by atoms with van der Waals surface area (Å²) in [5.74, 6) is 1.43. The van der Waals surface area contributed by atoms with E-state index in [0.717, 1.165) is 28.3 Å². The maximum absolute atomic E-state index is 5.96. The average molecular weight is 281 g/mol. The predicted octanol–water partition coefficient (Wildman–Crippen LogP) is 2.23. The van der Waals surface area contributed by atoms with E-state index in [2.05, 4.69) is 15.5 Å². The zero-order chi connectivity index (χ0) is 14.8. The summed E-state index contributed by atoms with van der Waals surface area (Å²) in [7, 11) is 1.63. The summed E-state index contributed by atoms with van der Waals surface area (Å²) in [5.41, 5.74) is 9.44. The van der Waals surface area contributed by atoms with E-state index in [1.54, 1.807) is 11.8 Å². The first-order valence-corrected chi connectivity index (χ1v) is 6.48. The molecule has 0 saturated heterocycles. The van der Waals surface area contributed by atoms with Crippen molar-refractivity contribution in [3.05, 3.63) is 48.0 Å². The third-order valence-electron chi connectivity index (χ3n) is 3.32. The van der Waals surface area contributed by atoms with Crippen LogP contribution in [0.2, 0.25) is 0 Å². The second-order valence-electron chi connectivity index (χ2n) is 4.68. The number of anilines is 1. The zero-order valence-corrected chi connectivity index (χ0v) is 11.8. The maximum Gasteiger partial charge on any atom is 0.187 e. The van der Waals surface area contributed by atoms with Crippen LogP contribution in [0.4, 0.5) is 5.69 Å². The summed E-state index contributed by atoms with van der Waals surface area (Å²) in [5, 5.41) is 11.9. The van der Waals surface area contributed by atoms with Gasteiger partial charge in [-0.05, 0) is 53.2 Å². The molecular weight excluding hydrogens is 266 g/mol. The van der Waals surface area contributed by atoms with Gasteiger partial charge in [0, 0.05) is 11.3 Å². The molecule has 3 rings (SSSR count). The lowest BCUT2D eigenvalue weighted by atomic mass is 10.1. The first-order chi connectivity index (χ1) is 10.2. The molecule has 0 atom stereocenters. The Morgan fingerprint density at radius 1 is 1.10 bits per heavy atom. The number of hydrogen-bond acceptors (Lipinski definition) is 5. The molecule has 0 amide bonds. The minimum Gasteiger partial charge on any atom is -0.497 e. The number of tetrazole rings is 1. The number of hydrogen-bond donors (Lipinski definition) is 1. The summed E-state index contributed by atoms with van der Waals surface area (Å²) < 4.78 is 6.82. The number of methoxy groups -OCH3 is 1. The van der Waals surface area contributed by atoms with Gasteiger partial charge in [0.05, 0.1) is 12.8 Å². The Hall–Kier alpha value is -2.89. The number of aryl methyl sites for hydroxylation is 1.